The standard InChI is InChI=1S/C9H19NO2/c1-8(2)4-10-5-9(3,6-11)7-12/h10-12H,1,4-7H2,2-3H3. The Hall–Kier alpha value is -0.380. The third kappa shape index (κ3) is 4.49. The van der Waals surface area contributed by atoms with E-state index in [4.69, 9.17) is 10.2 Å². The molecule has 0 amide bonds. The molecular formula is C9H19NO2. The fourth-order valence-electron chi connectivity index (χ4n) is 0.739. The summed E-state index contributed by atoms with van der Waals surface area (Å²) in [4.78, 5) is 0. The van der Waals surface area contributed by atoms with Gasteiger partial charge in [0.05, 0.1) is 13.2 Å². The number of aliphatic hydroxyl groups is 2. The van der Waals surface area contributed by atoms with Gasteiger partial charge < -0.3 is 15.5 Å². The summed E-state index contributed by atoms with van der Waals surface area (Å²) >= 11 is 0. The fraction of sp³-hybridized carbons (Fsp3) is 0.778. The Balaban J connectivity index is 3.65. The van der Waals surface area contributed by atoms with E-state index in [2.05, 4.69) is 11.9 Å². The second-order valence-electron chi connectivity index (χ2n) is 3.69. The van der Waals surface area contributed by atoms with Crippen molar-refractivity contribution in [3.63, 3.8) is 0 Å². The zero-order valence-corrected chi connectivity index (χ0v) is 7.93. The van der Waals surface area contributed by atoms with Crippen molar-refractivity contribution in [1.29, 1.82) is 0 Å². The molecule has 3 N–H and O–H groups in total. The molecular weight excluding hydrogens is 154 g/mol. The molecule has 0 saturated heterocycles. The SMILES string of the molecule is C=C(C)CNCC(C)(CO)CO. The lowest BCUT2D eigenvalue weighted by Gasteiger charge is -2.24. The van der Waals surface area contributed by atoms with E-state index in [1.807, 2.05) is 13.8 Å². The zero-order chi connectivity index (χ0) is 9.61. The number of rotatable bonds is 6. The van der Waals surface area contributed by atoms with E-state index < -0.39 is 5.41 Å². The highest BCUT2D eigenvalue weighted by Crippen LogP contribution is 2.11. The highest BCUT2D eigenvalue weighted by atomic mass is 16.3. The van der Waals surface area contributed by atoms with E-state index >= 15 is 0 Å². The van der Waals surface area contributed by atoms with Gasteiger partial charge in [0.25, 0.3) is 0 Å². The van der Waals surface area contributed by atoms with Crippen molar-refractivity contribution < 1.29 is 10.2 Å². The van der Waals surface area contributed by atoms with Gasteiger partial charge in [-0.15, -0.1) is 0 Å². The van der Waals surface area contributed by atoms with Crippen molar-refractivity contribution in [2.75, 3.05) is 26.3 Å². The molecule has 0 aliphatic carbocycles. The fourth-order valence-corrected chi connectivity index (χ4v) is 0.739. The van der Waals surface area contributed by atoms with Gasteiger partial charge in [-0.1, -0.05) is 19.1 Å². The Bertz CT molecular complexity index is 141. The van der Waals surface area contributed by atoms with Crippen LogP contribution in [0.25, 0.3) is 0 Å². The van der Waals surface area contributed by atoms with E-state index in [0.29, 0.717) is 6.54 Å². The van der Waals surface area contributed by atoms with Gasteiger partial charge >= 0.3 is 0 Å². The molecule has 0 radical (unpaired) electrons. The van der Waals surface area contributed by atoms with E-state index in [9.17, 15) is 0 Å². The Kier molecular flexibility index (Phi) is 5.13. The van der Waals surface area contributed by atoms with Crippen molar-refractivity contribution >= 4 is 0 Å². The first kappa shape index (κ1) is 11.6. The van der Waals surface area contributed by atoms with Gasteiger partial charge in [-0.05, 0) is 6.92 Å². The van der Waals surface area contributed by atoms with Crippen LogP contribution in [0, 0.1) is 5.41 Å². The number of nitrogens with one attached hydrogen (secondary N) is 1. The largest absolute Gasteiger partial charge is 0.396 e. The smallest absolute Gasteiger partial charge is 0.0518 e. The van der Waals surface area contributed by atoms with Crippen molar-refractivity contribution in [2.45, 2.75) is 13.8 Å². The predicted molar refractivity (Wildman–Crippen MR) is 50.0 cm³/mol. The molecule has 0 atom stereocenters. The first-order valence-electron chi connectivity index (χ1n) is 4.11. The molecule has 0 aromatic carbocycles. The third-order valence-corrected chi connectivity index (χ3v) is 1.74. The summed E-state index contributed by atoms with van der Waals surface area (Å²) in [6.07, 6.45) is 0. The lowest BCUT2D eigenvalue weighted by molar-refractivity contribution is 0.0705. The number of aliphatic hydroxyl groups excluding tert-OH is 2. The average molecular weight is 173 g/mol. The highest BCUT2D eigenvalue weighted by molar-refractivity contribution is 4.91. The van der Waals surface area contributed by atoms with Crippen LogP contribution in [0.5, 0.6) is 0 Å². The van der Waals surface area contributed by atoms with E-state index in [0.717, 1.165) is 12.1 Å². The van der Waals surface area contributed by atoms with Crippen molar-refractivity contribution in [3.05, 3.63) is 12.2 Å². The topological polar surface area (TPSA) is 52.5 Å². The van der Waals surface area contributed by atoms with Crippen molar-refractivity contribution in [1.82, 2.24) is 5.32 Å². The van der Waals surface area contributed by atoms with Crippen LogP contribution >= 0.6 is 0 Å². The first-order valence-corrected chi connectivity index (χ1v) is 4.11. The number of hydrogen-bond donors (Lipinski definition) is 3. The van der Waals surface area contributed by atoms with Gasteiger partial charge in [0.2, 0.25) is 0 Å². The third-order valence-electron chi connectivity index (χ3n) is 1.74. The predicted octanol–water partition coefficient (Wildman–Crippen LogP) is 0.143. The summed E-state index contributed by atoms with van der Waals surface area (Å²) in [5.74, 6) is 0. The highest BCUT2D eigenvalue weighted by Gasteiger charge is 2.21. The van der Waals surface area contributed by atoms with Crippen LogP contribution in [0.3, 0.4) is 0 Å². The molecule has 0 saturated carbocycles. The lowest BCUT2D eigenvalue weighted by atomic mass is 9.93. The number of hydrogen-bond acceptors (Lipinski definition) is 3. The van der Waals surface area contributed by atoms with Gasteiger partial charge in [-0.3, -0.25) is 0 Å². The normalized spacial score (nSPS) is 11.7. The first-order chi connectivity index (χ1) is 5.54. The van der Waals surface area contributed by atoms with E-state index in [1.165, 1.54) is 0 Å². The van der Waals surface area contributed by atoms with Crippen LogP contribution in [-0.4, -0.2) is 36.5 Å². The summed E-state index contributed by atoms with van der Waals surface area (Å²) in [6.45, 7) is 8.82. The summed E-state index contributed by atoms with van der Waals surface area (Å²) in [5.41, 5.74) is 0.628. The van der Waals surface area contributed by atoms with Gasteiger partial charge in [0, 0.05) is 18.5 Å². The second kappa shape index (κ2) is 5.30. The molecule has 0 aromatic heterocycles. The molecule has 12 heavy (non-hydrogen) atoms. The van der Waals surface area contributed by atoms with Crippen LogP contribution < -0.4 is 5.32 Å². The summed E-state index contributed by atoms with van der Waals surface area (Å²) in [7, 11) is 0. The maximum Gasteiger partial charge on any atom is 0.0518 e. The molecule has 0 aliphatic heterocycles. The van der Waals surface area contributed by atoms with Crippen LogP contribution in [0.1, 0.15) is 13.8 Å². The molecule has 0 aliphatic rings. The van der Waals surface area contributed by atoms with Gasteiger partial charge in [0.15, 0.2) is 0 Å². The molecule has 72 valence electrons. The van der Waals surface area contributed by atoms with Crippen molar-refractivity contribution in [2.24, 2.45) is 5.41 Å². The van der Waals surface area contributed by atoms with Gasteiger partial charge in [-0.25, -0.2) is 0 Å². The summed E-state index contributed by atoms with van der Waals surface area (Å²) in [5, 5.41) is 21.0. The molecule has 3 heteroatoms. The molecule has 0 spiro atoms. The quantitative estimate of drug-likeness (QED) is 0.501. The van der Waals surface area contributed by atoms with Gasteiger partial charge in [-0.2, -0.15) is 0 Å². The van der Waals surface area contributed by atoms with Crippen molar-refractivity contribution in [3.8, 4) is 0 Å². The molecule has 0 bridgehead atoms. The van der Waals surface area contributed by atoms with Gasteiger partial charge in [0.1, 0.15) is 0 Å². The lowest BCUT2D eigenvalue weighted by Crippen LogP contribution is -2.38. The van der Waals surface area contributed by atoms with Crippen LogP contribution in [0.4, 0.5) is 0 Å². The maximum atomic E-state index is 8.93. The maximum absolute atomic E-state index is 8.93. The van der Waals surface area contributed by atoms with Crippen LogP contribution in [0.2, 0.25) is 0 Å². The van der Waals surface area contributed by atoms with E-state index in [-0.39, 0.29) is 13.2 Å². The Morgan fingerprint density at radius 3 is 2.25 bits per heavy atom. The second-order valence-corrected chi connectivity index (χ2v) is 3.69. The minimum absolute atomic E-state index is 0.00725. The monoisotopic (exact) mass is 173 g/mol. The Morgan fingerprint density at radius 1 is 1.42 bits per heavy atom. The molecule has 0 heterocycles. The molecule has 0 rings (SSSR count). The zero-order valence-electron chi connectivity index (χ0n) is 7.93. The average Bonchev–Trinajstić information content (AvgIpc) is 2.03. The molecule has 0 aromatic rings. The molecule has 0 fully saturated rings. The Labute approximate surface area is 74.1 Å². The van der Waals surface area contributed by atoms with Crippen LogP contribution in [0.15, 0.2) is 12.2 Å². The van der Waals surface area contributed by atoms with Crippen LogP contribution in [-0.2, 0) is 0 Å². The minimum Gasteiger partial charge on any atom is -0.396 e. The minimum atomic E-state index is -0.421. The molecule has 3 nitrogen and oxygen atoms in total. The summed E-state index contributed by atoms with van der Waals surface area (Å²) < 4.78 is 0. The van der Waals surface area contributed by atoms with E-state index in [1.54, 1.807) is 0 Å². The molecule has 0 unspecified atom stereocenters. The summed E-state index contributed by atoms with van der Waals surface area (Å²) in [6, 6.07) is 0. The Morgan fingerprint density at radius 2 is 1.92 bits per heavy atom.